The molecule has 0 saturated carbocycles. The average molecular weight is 156 g/mol. The Hall–Kier alpha value is -0.830. The molecule has 2 N–H and O–H groups in total. The van der Waals surface area contributed by atoms with Crippen molar-refractivity contribution in [3.05, 3.63) is 11.6 Å². The normalized spacial score (nSPS) is 9.00. The molecule has 0 aromatic heterocycles. The summed E-state index contributed by atoms with van der Waals surface area (Å²) in [5.41, 5.74) is 1.22. The third kappa shape index (κ3) is 7.06. The van der Waals surface area contributed by atoms with Crippen LogP contribution in [0.25, 0.3) is 0 Å². The summed E-state index contributed by atoms with van der Waals surface area (Å²) in [4.78, 5) is 10.8. The lowest BCUT2D eigenvalue weighted by Gasteiger charge is -2.00. The van der Waals surface area contributed by atoms with Crippen LogP contribution in [0.1, 0.15) is 13.8 Å². The summed E-state index contributed by atoms with van der Waals surface area (Å²) in [6.45, 7) is 5.02. The zero-order valence-corrected chi connectivity index (χ0v) is 7.40. The van der Waals surface area contributed by atoms with E-state index in [9.17, 15) is 4.79 Å². The SMILES string of the molecule is CNCC(=O)NCC=C(C)C. The molecule has 0 radical (unpaired) electrons. The molecule has 64 valence electrons. The lowest BCUT2D eigenvalue weighted by atomic mass is 10.3. The predicted molar refractivity (Wildman–Crippen MR) is 46.4 cm³/mol. The highest BCUT2D eigenvalue weighted by atomic mass is 16.1. The topological polar surface area (TPSA) is 41.1 Å². The standard InChI is InChI=1S/C8H16N2O/c1-7(2)4-5-10-8(11)6-9-3/h4,9H,5-6H2,1-3H3,(H,10,11). The van der Waals surface area contributed by atoms with E-state index in [1.165, 1.54) is 5.57 Å². The van der Waals surface area contributed by atoms with Crippen LogP contribution in [0.3, 0.4) is 0 Å². The molecule has 0 aliphatic heterocycles. The van der Waals surface area contributed by atoms with Crippen molar-refractivity contribution in [2.24, 2.45) is 0 Å². The smallest absolute Gasteiger partial charge is 0.234 e. The fraction of sp³-hybridized carbons (Fsp3) is 0.625. The molecule has 0 aromatic rings. The number of hydrogen-bond acceptors (Lipinski definition) is 2. The molecule has 0 saturated heterocycles. The van der Waals surface area contributed by atoms with E-state index in [2.05, 4.69) is 10.6 Å². The highest BCUT2D eigenvalue weighted by Crippen LogP contribution is 1.84. The third-order valence-electron chi connectivity index (χ3n) is 1.15. The fourth-order valence-electron chi connectivity index (χ4n) is 0.592. The van der Waals surface area contributed by atoms with Crippen molar-refractivity contribution in [2.75, 3.05) is 20.1 Å². The first-order valence-electron chi connectivity index (χ1n) is 3.71. The van der Waals surface area contributed by atoms with Gasteiger partial charge in [0.15, 0.2) is 0 Å². The van der Waals surface area contributed by atoms with Gasteiger partial charge in [-0.25, -0.2) is 0 Å². The molecule has 3 nitrogen and oxygen atoms in total. The van der Waals surface area contributed by atoms with Gasteiger partial charge in [-0.05, 0) is 20.9 Å². The Balaban J connectivity index is 3.39. The molecule has 0 unspecified atom stereocenters. The highest BCUT2D eigenvalue weighted by Gasteiger charge is 1.93. The quantitative estimate of drug-likeness (QED) is 0.574. The second-order valence-corrected chi connectivity index (χ2v) is 2.62. The zero-order chi connectivity index (χ0) is 8.69. The largest absolute Gasteiger partial charge is 0.352 e. The van der Waals surface area contributed by atoms with Crippen molar-refractivity contribution in [2.45, 2.75) is 13.8 Å². The molecule has 3 heteroatoms. The van der Waals surface area contributed by atoms with Gasteiger partial charge in [-0.1, -0.05) is 11.6 Å². The van der Waals surface area contributed by atoms with Crippen LogP contribution in [0.2, 0.25) is 0 Å². The maximum atomic E-state index is 10.8. The number of carbonyl (C=O) groups is 1. The van der Waals surface area contributed by atoms with Gasteiger partial charge >= 0.3 is 0 Å². The minimum absolute atomic E-state index is 0.0324. The van der Waals surface area contributed by atoms with Gasteiger partial charge in [0.25, 0.3) is 0 Å². The van der Waals surface area contributed by atoms with Crippen LogP contribution in [-0.2, 0) is 4.79 Å². The summed E-state index contributed by atoms with van der Waals surface area (Å²) in [6, 6.07) is 0. The molecule has 0 bridgehead atoms. The second kappa shape index (κ2) is 5.92. The summed E-state index contributed by atoms with van der Waals surface area (Å²) >= 11 is 0. The van der Waals surface area contributed by atoms with Crippen molar-refractivity contribution >= 4 is 5.91 Å². The maximum absolute atomic E-state index is 10.8. The number of nitrogens with one attached hydrogen (secondary N) is 2. The number of likely N-dealkylation sites (N-methyl/N-ethyl adjacent to an activating group) is 1. The number of amides is 1. The van der Waals surface area contributed by atoms with E-state index in [-0.39, 0.29) is 5.91 Å². The van der Waals surface area contributed by atoms with Gasteiger partial charge in [0, 0.05) is 6.54 Å². The fourth-order valence-corrected chi connectivity index (χ4v) is 0.592. The predicted octanol–water partition coefficient (Wildman–Crippen LogP) is 0.288. The van der Waals surface area contributed by atoms with E-state index in [0.717, 1.165) is 0 Å². The summed E-state index contributed by atoms with van der Waals surface area (Å²) in [5.74, 6) is 0.0324. The van der Waals surface area contributed by atoms with E-state index in [0.29, 0.717) is 13.1 Å². The van der Waals surface area contributed by atoms with Crippen LogP contribution in [0.4, 0.5) is 0 Å². The van der Waals surface area contributed by atoms with E-state index in [1.807, 2.05) is 19.9 Å². The summed E-state index contributed by atoms with van der Waals surface area (Å²) in [6.07, 6.45) is 1.98. The van der Waals surface area contributed by atoms with Crippen molar-refractivity contribution in [3.8, 4) is 0 Å². The molecular weight excluding hydrogens is 140 g/mol. The van der Waals surface area contributed by atoms with Crippen LogP contribution in [0.5, 0.6) is 0 Å². The molecule has 0 rings (SSSR count). The second-order valence-electron chi connectivity index (χ2n) is 2.62. The van der Waals surface area contributed by atoms with Gasteiger partial charge in [-0.2, -0.15) is 0 Å². The number of allylic oxidation sites excluding steroid dienone is 1. The van der Waals surface area contributed by atoms with Crippen molar-refractivity contribution < 1.29 is 4.79 Å². The lowest BCUT2D eigenvalue weighted by molar-refractivity contribution is -0.119. The molecule has 0 aliphatic rings. The first kappa shape index (κ1) is 10.2. The molecule has 0 aliphatic carbocycles. The van der Waals surface area contributed by atoms with Gasteiger partial charge in [-0.3, -0.25) is 4.79 Å². The lowest BCUT2D eigenvalue weighted by Crippen LogP contribution is -2.32. The van der Waals surface area contributed by atoms with E-state index in [4.69, 9.17) is 0 Å². The summed E-state index contributed by atoms with van der Waals surface area (Å²) < 4.78 is 0. The summed E-state index contributed by atoms with van der Waals surface area (Å²) in [7, 11) is 1.75. The van der Waals surface area contributed by atoms with Gasteiger partial charge in [0.05, 0.1) is 6.54 Å². The molecule has 11 heavy (non-hydrogen) atoms. The van der Waals surface area contributed by atoms with E-state index < -0.39 is 0 Å². The Morgan fingerprint density at radius 1 is 1.45 bits per heavy atom. The Labute approximate surface area is 67.9 Å². The van der Waals surface area contributed by atoms with Crippen LogP contribution in [-0.4, -0.2) is 26.0 Å². The van der Waals surface area contributed by atoms with Crippen molar-refractivity contribution in [3.63, 3.8) is 0 Å². The number of rotatable bonds is 4. The van der Waals surface area contributed by atoms with Crippen molar-refractivity contribution in [1.82, 2.24) is 10.6 Å². The Morgan fingerprint density at radius 2 is 2.09 bits per heavy atom. The monoisotopic (exact) mass is 156 g/mol. The molecule has 0 heterocycles. The van der Waals surface area contributed by atoms with Gasteiger partial charge in [0.1, 0.15) is 0 Å². The molecule has 0 fully saturated rings. The van der Waals surface area contributed by atoms with E-state index >= 15 is 0 Å². The molecule has 0 aromatic carbocycles. The van der Waals surface area contributed by atoms with Crippen LogP contribution < -0.4 is 10.6 Å². The number of carbonyl (C=O) groups excluding carboxylic acids is 1. The van der Waals surface area contributed by atoms with Crippen LogP contribution in [0, 0.1) is 0 Å². The number of hydrogen-bond donors (Lipinski definition) is 2. The average Bonchev–Trinajstić information content (AvgIpc) is 1.87. The Bertz CT molecular complexity index is 148. The zero-order valence-electron chi connectivity index (χ0n) is 7.40. The Kier molecular flexibility index (Phi) is 5.47. The molecular formula is C8H16N2O. The first-order chi connectivity index (χ1) is 5.16. The van der Waals surface area contributed by atoms with E-state index in [1.54, 1.807) is 7.05 Å². The first-order valence-corrected chi connectivity index (χ1v) is 3.71. The summed E-state index contributed by atoms with van der Waals surface area (Å²) in [5, 5.41) is 5.51. The molecule has 0 spiro atoms. The van der Waals surface area contributed by atoms with Crippen molar-refractivity contribution in [1.29, 1.82) is 0 Å². The van der Waals surface area contributed by atoms with Crippen LogP contribution >= 0.6 is 0 Å². The Morgan fingerprint density at radius 3 is 2.55 bits per heavy atom. The van der Waals surface area contributed by atoms with Gasteiger partial charge in [0.2, 0.25) is 5.91 Å². The highest BCUT2D eigenvalue weighted by molar-refractivity contribution is 5.78. The van der Waals surface area contributed by atoms with Gasteiger partial charge in [-0.15, -0.1) is 0 Å². The maximum Gasteiger partial charge on any atom is 0.234 e. The molecule has 1 amide bonds. The van der Waals surface area contributed by atoms with Crippen LogP contribution in [0.15, 0.2) is 11.6 Å². The van der Waals surface area contributed by atoms with Gasteiger partial charge < -0.3 is 10.6 Å². The molecule has 0 atom stereocenters. The minimum atomic E-state index is 0.0324. The third-order valence-corrected chi connectivity index (χ3v) is 1.15. The minimum Gasteiger partial charge on any atom is -0.352 e.